The SMILES string of the molecule is COc1c(C(C)=O)cc(F)cc1C(F)(F)F. The maximum Gasteiger partial charge on any atom is 0.420 e. The minimum atomic E-state index is -4.77. The van der Waals surface area contributed by atoms with Gasteiger partial charge in [-0.25, -0.2) is 4.39 Å². The molecule has 1 aromatic carbocycles. The molecule has 0 heterocycles. The van der Waals surface area contributed by atoms with Crippen molar-refractivity contribution in [2.45, 2.75) is 13.1 Å². The average molecular weight is 236 g/mol. The van der Waals surface area contributed by atoms with Crippen LogP contribution in [0.5, 0.6) is 5.75 Å². The van der Waals surface area contributed by atoms with Crippen molar-refractivity contribution in [3.63, 3.8) is 0 Å². The quantitative estimate of drug-likeness (QED) is 0.582. The van der Waals surface area contributed by atoms with Gasteiger partial charge in [0.15, 0.2) is 5.78 Å². The van der Waals surface area contributed by atoms with Gasteiger partial charge in [0, 0.05) is 0 Å². The molecule has 88 valence electrons. The topological polar surface area (TPSA) is 26.3 Å². The number of ketones is 1. The first-order chi connectivity index (χ1) is 7.27. The van der Waals surface area contributed by atoms with Crippen molar-refractivity contribution in [2.75, 3.05) is 7.11 Å². The summed E-state index contributed by atoms with van der Waals surface area (Å²) in [4.78, 5) is 11.0. The lowest BCUT2D eigenvalue weighted by Gasteiger charge is -2.14. The summed E-state index contributed by atoms with van der Waals surface area (Å²) in [5, 5.41) is 0. The van der Waals surface area contributed by atoms with Crippen molar-refractivity contribution < 1.29 is 27.1 Å². The lowest BCUT2D eigenvalue weighted by atomic mass is 10.0. The number of hydrogen-bond donors (Lipinski definition) is 0. The van der Waals surface area contributed by atoms with Gasteiger partial charge in [-0.3, -0.25) is 4.79 Å². The van der Waals surface area contributed by atoms with E-state index >= 15 is 0 Å². The maximum absolute atomic E-state index is 12.9. The summed E-state index contributed by atoms with van der Waals surface area (Å²) in [6, 6.07) is 1.02. The van der Waals surface area contributed by atoms with Crippen LogP contribution in [0.25, 0.3) is 0 Å². The third kappa shape index (κ3) is 2.32. The Morgan fingerprint density at radius 2 is 1.88 bits per heavy atom. The molecule has 0 fully saturated rings. The first kappa shape index (κ1) is 12.5. The number of Topliss-reactive ketones (excluding diaryl/α,β-unsaturated/α-hetero) is 1. The van der Waals surface area contributed by atoms with Gasteiger partial charge in [-0.15, -0.1) is 0 Å². The summed E-state index contributed by atoms with van der Waals surface area (Å²) in [5.74, 6) is -2.47. The van der Waals surface area contributed by atoms with E-state index in [1.165, 1.54) is 0 Å². The number of carbonyl (C=O) groups excluding carboxylic acids is 1. The van der Waals surface area contributed by atoms with Gasteiger partial charge in [0.2, 0.25) is 0 Å². The van der Waals surface area contributed by atoms with Crippen molar-refractivity contribution in [2.24, 2.45) is 0 Å². The monoisotopic (exact) mass is 236 g/mol. The van der Waals surface area contributed by atoms with Gasteiger partial charge in [0.05, 0.1) is 12.7 Å². The number of alkyl halides is 3. The molecule has 16 heavy (non-hydrogen) atoms. The molecular formula is C10H8F4O2. The Morgan fingerprint density at radius 1 is 1.31 bits per heavy atom. The van der Waals surface area contributed by atoms with Crippen LogP contribution in [-0.4, -0.2) is 12.9 Å². The molecule has 0 aliphatic carbocycles. The van der Waals surface area contributed by atoms with Crippen LogP contribution in [0.4, 0.5) is 17.6 Å². The highest BCUT2D eigenvalue weighted by molar-refractivity contribution is 5.97. The lowest BCUT2D eigenvalue weighted by Crippen LogP contribution is -2.11. The summed E-state index contributed by atoms with van der Waals surface area (Å²) < 4.78 is 54.9. The summed E-state index contributed by atoms with van der Waals surface area (Å²) in [7, 11) is 0.995. The Bertz CT molecular complexity index is 424. The predicted octanol–water partition coefficient (Wildman–Crippen LogP) is 3.06. The summed E-state index contributed by atoms with van der Waals surface area (Å²) in [6.45, 7) is 1.04. The van der Waals surface area contributed by atoms with Crippen LogP contribution in [-0.2, 0) is 6.18 Å². The predicted molar refractivity (Wildman–Crippen MR) is 48.0 cm³/mol. The minimum absolute atomic E-state index is 0.297. The number of rotatable bonds is 2. The second kappa shape index (κ2) is 4.11. The van der Waals surface area contributed by atoms with Crippen LogP contribution in [0.3, 0.4) is 0 Å². The fourth-order valence-electron chi connectivity index (χ4n) is 1.29. The highest BCUT2D eigenvalue weighted by atomic mass is 19.4. The third-order valence-corrected chi connectivity index (χ3v) is 1.94. The fourth-order valence-corrected chi connectivity index (χ4v) is 1.29. The van der Waals surface area contributed by atoms with Crippen molar-refractivity contribution in [1.29, 1.82) is 0 Å². The molecule has 0 unspecified atom stereocenters. The van der Waals surface area contributed by atoms with Crippen LogP contribution in [0, 0.1) is 5.82 Å². The largest absolute Gasteiger partial charge is 0.495 e. The van der Waals surface area contributed by atoms with E-state index in [1.54, 1.807) is 0 Å². The molecule has 0 radical (unpaired) electrons. The number of ether oxygens (including phenoxy) is 1. The van der Waals surface area contributed by atoms with E-state index in [4.69, 9.17) is 0 Å². The van der Waals surface area contributed by atoms with Crippen LogP contribution < -0.4 is 4.74 Å². The zero-order valence-corrected chi connectivity index (χ0v) is 8.48. The summed E-state index contributed by atoms with van der Waals surface area (Å²) in [6.07, 6.45) is -4.77. The van der Waals surface area contributed by atoms with Crippen molar-refractivity contribution in [1.82, 2.24) is 0 Å². The van der Waals surface area contributed by atoms with Gasteiger partial charge in [-0.2, -0.15) is 13.2 Å². The van der Waals surface area contributed by atoms with Gasteiger partial charge in [0.1, 0.15) is 17.1 Å². The van der Waals surface area contributed by atoms with E-state index in [-0.39, 0.29) is 0 Å². The Kier molecular flexibility index (Phi) is 3.21. The number of methoxy groups -OCH3 is 1. The third-order valence-electron chi connectivity index (χ3n) is 1.94. The van der Waals surface area contributed by atoms with E-state index < -0.39 is 34.7 Å². The minimum Gasteiger partial charge on any atom is -0.495 e. The molecule has 0 saturated carbocycles. The number of carbonyl (C=O) groups is 1. The molecule has 0 amide bonds. The smallest absolute Gasteiger partial charge is 0.420 e. The molecule has 0 spiro atoms. The molecule has 0 aromatic heterocycles. The average Bonchev–Trinajstić information content (AvgIpc) is 2.14. The van der Waals surface area contributed by atoms with E-state index in [2.05, 4.69) is 4.74 Å². The van der Waals surface area contributed by atoms with Crippen molar-refractivity contribution in [3.05, 3.63) is 29.1 Å². The van der Waals surface area contributed by atoms with Crippen molar-refractivity contribution in [3.8, 4) is 5.75 Å². The second-order valence-corrected chi connectivity index (χ2v) is 3.09. The van der Waals surface area contributed by atoms with Crippen LogP contribution in [0.15, 0.2) is 12.1 Å². The maximum atomic E-state index is 12.9. The van der Waals surface area contributed by atoms with Gasteiger partial charge in [-0.05, 0) is 19.1 Å². The molecule has 0 bridgehead atoms. The first-order valence-corrected chi connectivity index (χ1v) is 4.23. The van der Waals surface area contributed by atoms with Gasteiger partial charge < -0.3 is 4.74 Å². The Morgan fingerprint density at radius 3 is 2.25 bits per heavy atom. The molecule has 1 rings (SSSR count). The molecule has 1 aromatic rings. The zero-order valence-electron chi connectivity index (χ0n) is 8.48. The Balaban J connectivity index is 3.55. The number of halogens is 4. The molecule has 0 atom stereocenters. The highest BCUT2D eigenvalue weighted by Crippen LogP contribution is 2.38. The number of benzene rings is 1. The molecule has 0 N–H and O–H groups in total. The summed E-state index contributed by atoms with van der Waals surface area (Å²) >= 11 is 0. The first-order valence-electron chi connectivity index (χ1n) is 4.23. The van der Waals surface area contributed by atoms with E-state index in [0.717, 1.165) is 20.1 Å². The van der Waals surface area contributed by atoms with Crippen molar-refractivity contribution >= 4 is 5.78 Å². The number of hydrogen-bond acceptors (Lipinski definition) is 2. The standard InChI is InChI=1S/C10H8F4O2/c1-5(15)7-3-6(11)4-8(9(7)16-2)10(12,13)14/h3-4H,1-2H3. The van der Waals surface area contributed by atoms with E-state index in [9.17, 15) is 22.4 Å². The Labute approximate surface area is 88.8 Å². The molecule has 0 aliphatic heterocycles. The second-order valence-electron chi connectivity index (χ2n) is 3.09. The zero-order chi connectivity index (χ0) is 12.5. The molecule has 0 aliphatic rings. The van der Waals surface area contributed by atoms with Gasteiger partial charge in [0.25, 0.3) is 0 Å². The molecule has 0 saturated heterocycles. The van der Waals surface area contributed by atoms with Crippen LogP contribution in [0.2, 0.25) is 0 Å². The molecule has 6 heteroatoms. The van der Waals surface area contributed by atoms with E-state index in [0.29, 0.717) is 6.07 Å². The lowest BCUT2D eigenvalue weighted by molar-refractivity contribution is -0.139. The van der Waals surface area contributed by atoms with Gasteiger partial charge in [-0.1, -0.05) is 0 Å². The van der Waals surface area contributed by atoms with E-state index in [1.807, 2.05) is 0 Å². The van der Waals surface area contributed by atoms with Crippen LogP contribution in [0.1, 0.15) is 22.8 Å². The van der Waals surface area contributed by atoms with Gasteiger partial charge >= 0.3 is 6.18 Å². The molecular weight excluding hydrogens is 228 g/mol. The summed E-state index contributed by atoms with van der Waals surface area (Å²) in [5.41, 5.74) is -1.71. The Hall–Kier alpha value is -1.59. The molecule has 2 nitrogen and oxygen atoms in total. The normalized spacial score (nSPS) is 11.4. The van der Waals surface area contributed by atoms with Crippen LogP contribution >= 0.6 is 0 Å². The fraction of sp³-hybridized carbons (Fsp3) is 0.300. The highest BCUT2D eigenvalue weighted by Gasteiger charge is 2.36.